The quantitative estimate of drug-likeness (QED) is 0.864. The van der Waals surface area contributed by atoms with Gasteiger partial charge in [0, 0.05) is 11.6 Å². The summed E-state index contributed by atoms with van der Waals surface area (Å²) < 4.78 is 0. The van der Waals surface area contributed by atoms with Crippen molar-refractivity contribution in [1.29, 1.82) is 0 Å². The molecule has 2 fully saturated rings. The zero-order chi connectivity index (χ0) is 13.6. The van der Waals surface area contributed by atoms with Gasteiger partial charge in [0.25, 0.3) is 0 Å². The predicted octanol–water partition coefficient (Wildman–Crippen LogP) is 2.12. The van der Waals surface area contributed by atoms with E-state index in [-0.39, 0.29) is 11.8 Å². The molecule has 1 aliphatic heterocycles. The third kappa shape index (κ3) is 1.96. The average molecular weight is 270 g/mol. The fraction of sp³-hybridized carbons (Fsp3) is 0.588. The van der Waals surface area contributed by atoms with Gasteiger partial charge in [-0.25, -0.2) is 0 Å². The van der Waals surface area contributed by atoms with Crippen LogP contribution in [0.4, 0.5) is 0 Å². The summed E-state index contributed by atoms with van der Waals surface area (Å²) in [5.41, 5.74) is 2.93. The van der Waals surface area contributed by atoms with Crippen LogP contribution >= 0.6 is 0 Å². The first-order chi connectivity index (χ1) is 9.76. The van der Waals surface area contributed by atoms with Gasteiger partial charge in [-0.3, -0.25) is 4.79 Å². The summed E-state index contributed by atoms with van der Waals surface area (Å²) in [5, 5.41) is 6.96. The van der Waals surface area contributed by atoms with Crippen molar-refractivity contribution >= 4 is 5.91 Å². The van der Waals surface area contributed by atoms with E-state index in [9.17, 15) is 4.79 Å². The Bertz CT molecular complexity index is 536. The van der Waals surface area contributed by atoms with Crippen molar-refractivity contribution in [3.05, 3.63) is 35.4 Å². The van der Waals surface area contributed by atoms with Gasteiger partial charge in [0.1, 0.15) is 0 Å². The lowest BCUT2D eigenvalue weighted by molar-refractivity contribution is -0.124. The zero-order valence-electron chi connectivity index (χ0n) is 11.8. The Morgan fingerprint density at radius 2 is 2.15 bits per heavy atom. The van der Waals surface area contributed by atoms with Crippen molar-refractivity contribution in [3.8, 4) is 0 Å². The van der Waals surface area contributed by atoms with Gasteiger partial charge in [0.05, 0.1) is 5.92 Å². The molecule has 1 spiro atoms. The fourth-order valence-electron chi connectivity index (χ4n) is 4.06. The standard InChI is InChI=1S/C17H22N2O/c20-16(15-10-12-4-1-2-5-14(12)15)19-13-6-9-18-17(11-13)7-3-8-17/h1-2,4-5,13,15,18H,3,6-11H2,(H,19,20). The monoisotopic (exact) mass is 270 g/mol. The minimum absolute atomic E-state index is 0.0958. The van der Waals surface area contributed by atoms with Gasteiger partial charge < -0.3 is 10.6 Å². The first-order valence-electron chi connectivity index (χ1n) is 7.89. The van der Waals surface area contributed by atoms with Crippen molar-refractivity contribution in [3.63, 3.8) is 0 Å². The first kappa shape index (κ1) is 12.4. The fourth-order valence-corrected chi connectivity index (χ4v) is 4.06. The van der Waals surface area contributed by atoms with Crippen molar-refractivity contribution in [1.82, 2.24) is 10.6 Å². The molecule has 0 aromatic heterocycles. The molecule has 0 bridgehead atoms. The number of carbonyl (C=O) groups excluding carboxylic acids is 1. The molecule has 20 heavy (non-hydrogen) atoms. The molecule has 1 amide bonds. The van der Waals surface area contributed by atoms with Gasteiger partial charge in [0.15, 0.2) is 0 Å². The summed E-state index contributed by atoms with van der Waals surface area (Å²) >= 11 is 0. The molecule has 3 heteroatoms. The summed E-state index contributed by atoms with van der Waals surface area (Å²) in [6, 6.07) is 8.69. The van der Waals surface area contributed by atoms with E-state index in [1.807, 2.05) is 6.07 Å². The van der Waals surface area contributed by atoms with E-state index >= 15 is 0 Å². The van der Waals surface area contributed by atoms with E-state index in [1.54, 1.807) is 0 Å². The van der Waals surface area contributed by atoms with Crippen molar-refractivity contribution in [2.24, 2.45) is 0 Å². The second-order valence-electron chi connectivity index (χ2n) is 6.71. The number of hydrogen-bond donors (Lipinski definition) is 2. The molecule has 3 nitrogen and oxygen atoms in total. The van der Waals surface area contributed by atoms with E-state index in [0.717, 1.165) is 25.8 Å². The summed E-state index contributed by atoms with van der Waals surface area (Å²) in [6.45, 7) is 1.05. The molecule has 4 rings (SSSR count). The number of hydrogen-bond acceptors (Lipinski definition) is 2. The number of benzene rings is 1. The van der Waals surface area contributed by atoms with Crippen LogP contribution in [0.5, 0.6) is 0 Å². The van der Waals surface area contributed by atoms with E-state index in [2.05, 4.69) is 28.8 Å². The minimum Gasteiger partial charge on any atom is -0.353 e. The molecule has 2 atom stereocenters. The third-order valence-corrected chi connectivity index (χ3v) is 5.46. The van der Waals surface area contributed by atoms with Gasteiger partial charge in [-0.1, -0.05) is 24.3 Å². The SMILES string of the molecule is O=C(NC1CCNC2(CCC2)C1)C1Cc2ccccc21. The molecule has 1 saturated heterocycles. The highest BCUT2D eigenvalue weighted by atomic mass is 16.2. The number of carbonyl (C=O) groups is 1. The van der Waals surface area contributed by atoms with Gasteiger partial charge in [-0.2, -0.15) is 0 Å². The highest BCUT2D eigenvalue weighted by molar-refractivity contribution is 5.87. The van der Waals surface area contributed by atoms with Crippen LogP contribution in [0.2, 0.25) is 0 Å². The van der Waals surface area contributed by atoms with Gasteiger partial charge in [-0.15, -0.1) is 0 Å². The Morgan fingerprint density at radius 1 is 1.30 bits per heavy atom. The highest BCUT2D eigenvalue weighted by Gasteiger charge is 2.42. The summed E-state index contributed by atoms with van der Waals surface area (Å²) in [6.07, 6.45) is 7.01. The average Bonchev–Trinajstić information content (AvgIpc) is 2.39. The lowest BCUT2D eigenvalue weighted by Crippen LogP contribution is -2.60. The second-order valence-corrected chi connectivity index (χ2v) is 6.71. The van der Waals surface area contributed by atoms with E-state index in [4.69, 9.17) is 0 Å². The van der Waals surface area contributed by atoms with Gasteiger partial charge >= 0.3 is 0 Å². The zero-order valence-corrected chi connectivity index (χ0v) is 11.8. The molecule has 2 N–H and O–H groups in total. The normalized spacial score (nSPS) is 30.0. The molecule has 3 aliphatic rings. The lowest BCUT2D eigenvalue weighted by Gasteiger charge is -2.48. The van der Waals surface area contributed by atoms with Crippen LogP contribution in [0.15, 0.2) is 24.3 Å². The summed E-state index contributed by atoms with van der Waals surface area (Å²) in [7, 11) is 0. The molecule has 1 heterocycles. The number of piperidine rings is 1. The molecule has 1 aromatic rings. The van der Waals surface area contributed by atoms with Crippen LogP contribution < -0.4 is 10.6 Å². The molecule has 2 aliphatic carbocycles. The molecule has 0 radical (unpaired) electrons. The van der Waals surface area contributed by atoms with Crippen molar-refractivity contribution < 1.29 is 4.79 Å². The number of rotatable bonds is 2. The summed E-state index contributed by atoms with van der Waals surface area (Å²) in [5.74, 6) is 0.337. The molecule has 106 valence electrons. The second kappa shape index (κ2) is 4.59. The molecular weight excluding hydrogens is 248 g/mol. The highest BCUT2D eigenvalue weighted by Crippen LogP contribution is 2.39. The van der Waals surface area contributed by atoms with Crippen LogP contribution in [0, 0.1) is 0 Å². The largest absolute Gasteiger partial charge is 0.353 e. The Labute approximate surface area is 120 Å². The van der Waals surface area contributed by atoms with Crippen molar-refractivity contribution in [2.45, 2.75) is 56.0 Å². The van der Waals surface area contributed by atoms with Crippen LogP contribution in [-0.4, -0.2) is 24.0 Å². The Morgan fingerprint density at radius 3 is 2.90 bits per heavy atom. The van der Waals surface area contributed by atoms with E-state index in [0.29, 0.717) is 11.6 Å². The number of nitrogens with one attached hydrogen (secondary N) is 2. The molecule has 1 saturated carbocycles. The molecule has 1 aromatic carbocycles. The van der Waals surface area contributed by atoms with Crippen molar-refractivity contribution in [2.75, 3.05) is 6.54 Å². The Kier molecular flexibility index (Phi) is 2.84. The maximum absolute atomic E-state index is 12.4. The number of fused-ring (bicyclic) bond motifs is 1. The van der Waals surface area contributed by atoms with Crippen LogP contribution in [0.25, 0.3) is 0 Å². The van der Waals surface area contributed by atoms with Gasteiger partial charge in [-0.05, 0) is 56.2 Å². The Balaban J connectivity index is 1.39. The topological polar surface area (TPSA) is 41.1 Å². The smallest absolute Gasteiger partial charge is 0.228 e. The maximum atomic E-state index is 12.4. The van der Waals surface area contributed by atoms with Gasteiger partial charge in [0.2, 0.25) is 5.91 Å². The Hall–Kier alpha value is -1.35. The first-order valence-corrected chi connectivity index (χ1v) is 7.89. The summed E-state index contributed by atoms with van der Waals surface area (Å²) in [4.78, 5) is 12.4. The van der Waals surface area contributed by atoms with Crippen LogP contribution in [-0.2, 0) is 11.2 Å². The predicted molar refractivity (Wildman–Crippen MR) is 78.6 cm³/mol. The van der Waals surface area contributed by atoms with Crippen LogP contribution in [0.1, 0.15) is 49.1 Å². The van der Waals surface area contributed by atoms with E-state index in [1.165, 1.54) is 30.4 Å². The minimum atomic E-state index is 0.0958. The maximum Gasteiger partial charge on any atom is 0.228 e. The number of amides is 1. The van der Waals surface area contributed by atoms with Crippen LogP contribution in [0.3, 0.4) is 0 Å². The molecule has 2 unspecified atom stereocenters. The third-order valence-electron chi connectivity index (χ3n) is 5.46. The lowest BCUT2D eigenvalue weighted by atomic mass is 9.70. The van der Waals surface area contributed by atoms with E-state index < -0.39 is 0 Å². The molecular formula is C17H22N2O.